The monoisotopic (exact) mass is 292 g/mol. The zero-order chi connectivity index (χ0) is 14.5. The van der Waals surface area contributed by atoms with E-state index in [2.05, 4.69) is 10.9 Å². The highest BCUT2D eigenvalue weighted by Crippen LogP contribution is 2.09. The third-order valence-corrected chi connectivity index (χ3v) is 2.73. The van der Waals surface area contributed by atoms with Gasteiger partial charge in [0.2, 0.25) is 0 Å². The van der Waals surface area contributed by atoms with Crippen molar-refractivity contribution < 1.29 is 14.0 Å². The van der Waals surface area contributed by atoms with E-state index < -0.39 is 17.6 Å². The van der Waals surface area contributed by atoms with Crippen LogP contribution in [0.15, 0.2) is 48.5 Å². The Bertz CT molecular complexity index is 644. The van der Waals surface area contributed by atoms with Gasteiger partial charge in [-0.05, 0) is 42.5 Å². The lowest BCUT2D eigenvalue weighted by atomic mass is 10.2. The van der Waals surface area contributed by atoms with Crippen molar-refractivity contribution >= 4 is 23.4 Å². The quantitative estimate of drug-likeness (QED) is 0.836. The molecule has 102 valence electrons. The van der Waals surface area contributed by atoms with Crippen LogP contribution in [0.4, 0.5) is 4.39 Å². The van der Waals surface area contributed by atoms with E-state index in [4.69, 9.17) is 11.6 Å². The fourth-order valence-electron chi connectivity index (χ4n) is 1.49. The molecule has 0 saturated heterocycles. The van der Waals surface area contributed by atoms with Gasteiger partial charge in [0.1, 0.15) is 5.82 Å². The maximum atomic E-state index is 12.9. The number of carbonyl (C=O) groups excluding carboxylic acids is 2. The van der Waals surface area contributed by atoms with Gasteiger partial charge in [0, 0.05) is 16.1 Å². The number of halogens is 2. The highest BCUT2D eigenvalue weighted by Gasteiger charge is 2.09. The van der Waals surface area contributed by atoms with Gasteiger partial charge in [-0.3, -0.25) is 20.4 Å². The van der Waals surface area contributed by atoms with E-state index in [0.29, 0.717) is 10.6 Å². The molecule has 0 aromatic heterocycles. The van der Waals surface area contributed by atoms with Crippen molar-refractivity contribution in [2.24, 2.45) is 0 Å². The number of carbonyl (C=O) groups is 2. The number of hydrogen-bond acceptors (Lipinski definition) is 2. The molecule has 2 N–H and O–H groups in total. The number of nitrogens with one attached hydrogen (secondary N) is 2. The Morgan fingerprint density at radius 2 is 1.50 bits per heavy atom. The standard InChI is InChI=1S/C14H10ClFN2O2/c15-11-6-4-9(5-7-11)13(19)17-18-14(20)10-2-1-3-12(16)8-10/h1-8H,(H,17,19)(H,18,20). The second kappa shape index (κ2) is 6.16. The molecule has 2 aromatic carbocycles. The van der Waals surface area contributed by atoms with Gasteiger partial charge < -0.3 is 0 Å². The van der Waals surface area contributed by atoms with Crippen LogP contribution in [-0.4, -0.2) is 11.8 Å². The molecule has 0 bridgehead atoms. The lowest BCUT2D eigenvalue weighted by Gasteiger charge is -2.07. The van der Waals surface area contributed by atoms with E-state index in [1.165, 1.54) is 30.3 Å². The number of amides is 2. The molecule has 0 saturated carbocycles. The van der Waals surface area contributed by atoms with Gasteiger partial charge in [0.05, 0.1) is 0 Å². The van der Waals surface area contributed by atoms with Crippen LogP contribution in [0, 0.1) is 5.82 Å². The minimum Gasteiger partial charge on any atom is -0.267 e. The van der Waals surface area contributed by atoms with E-state index in [9.17, 15) is 14.0 Å². The molecule has 0 heterocycles. The van der Waals surface area contributed by atoms with Crippen molar-refractivity contribution in [3.63, 3.8) is 0 Å². The topological polar surface area (TPSA) is 58.2 Å². The third kappa shape index (κ3) is 3.55. The van der Waals surface area contributed by atoms with Crippen LogP contribution in [0.2, 0.25) is 5.02 Å². The predicted octanol–water partition coefficient (Wildman–Crippen LogP) is 2.55. The molecule has 0 aliphatic rings. The van der Waals surface area contributed by atoms with Crippen molar-refractivity contribution in [3.05, 3.63) is 70.5 Å². The highest BCUT2D eigenvalue weighted by atomic mass is 35.5. The van der Waals surface area contributed by atoms with Crippen LogP contribution >= 0.6 is 11.6 Å². The summed E-state index contributed by atoms with van der Waals surface area (Å²) in [6.07, 6.45) is 0. The Morgan fingerprint density at radius 3 is 2.10 bits per heavy atom. The number of hydrazine groups is 1. The predicted molar refractivity (Wildman–Crippen MR) is 72.8 cm³/mol. The van der Waals surface area contributed by atoms with Gasteiger partial charge in [-0.2, -0.15) is 0 Å². The van der Waals surface area contributed by atoms with Gasteiger partial charge in [-0.1, -0.05) is 17.7 Å². The first-order valence-corrected chi connectivity index (χ1v) is 6.06. The first-order valence-electron chi connectivity index (χ1n) is 5.68. The third-order valence-electron chi connectivity index (χ3n) is 2.48. The summed E-state index contributed by atoms with van der Waals surface area (Å²) in [5, 5.41) is 0.505. The molecule has 2 amide bonds. The average Bonchev–Trinajstić information content (AvgIpc) is 2.45. The molecule has 0 aliphatic carbocycles. The first kappa shape index (κ1) is 14.0. The Balaban J connectivity index is 1.96. The lowest BCUT2D eigenvalue weighted by Crippen LogP contribution is -2.41. The molecule has 2 aromatic rings. The number of hydrogen-bond donors (Lipinski definition) is 2. The van der Waals surface area contributed by atoms with Crippen LogP contribution in [0.1, 0.15) is 20.7 Å². The lowest BCUT2D eigenvalue weighted by molar-refractivity contribution is 0.0846. The van der Waals surface area contributed by atoms with E-state index in [-0.39, 0.29) is 5.56 Å². The molecular formula is C14H10ClFN2O2. The summed E-state index contributed by atoms with van der Waals surface area (Å²) in [5.74, 6) is -1.63. The van der Waals surface area contributed by atoms with E-state index in [1.807, 2.05) is 0 Å². The van der Waals surface area contributed by atoms with Gasteiger partial charge in [-0.15, -0.1) is 0 Å². The van der Waals surface area contributed by atoms with E-state index in [0.717, 1.165) is 6.07 Å². The molecule has 4 nitrogen and oxygen atoms in total. The van der Waals surface area contributed by atoms with Crippen molar-refractivity contribution in [3.8, 4) is 0 Å². The molecule has 0 fully saturated rings. The van der Waals surface area contributed by atoms with Crippen LogP contribution < -0.4 is 10.9 Å². The smallest absolute Gasteiger partial charge is 0.267 e. The fourth-order valence-corrected chi connectivity index (χ4v) is 1.61. The molecule has 0 atom stereocenters. The largest absolute Gasteiger partial charge is 0.269 e. The zero-order valence-corrected chi connectivity index (χ0v) is 10.9. The van der Waals surface area contributed by atoms with Crippen LogP contribution in [0.5, 0.6) is 0 Å². The molecule has 20 heavy (non-hydrogen) atoms. The summed E-state index contributed by atoms with van der Waals surface area (Å²) in [6, 6.07) is 11.3. The first-order chi connectivity index (χ1) is 9.56. The van der Waals surface area contributed by atoms with Crippen LogP contribution in [0.3, 0.4) is 0 Å². The van der Waals surface area contributed by atoms with Crippen molar-refractivity contribution in [1.29, 1.82) is 0 Å². The Morgan fingerprint density at radius 1 is 0.900 bits per heavy atom. The van der Waals surface area contributed by atoms with Crippen LogP contribution in [-0.2, 0) is 0 Å². The molecule has 0 unspecified atom stereocenters. The highest BCUT2D eigenvalue weighted by molar-refractivity contribution is 6.30. The summed E-state index contributed by atoms with van der Waals surface area (Å²) in [6.45, 7) is 0. The molecule has 2 rings (SSSR count). The maximum absolute atomic E-state index is 12.9. The minimum absolute atomic E-state index is 0.112. The van der Waals surface area contributed by atoms with Gasteiger partial charge >= 0.3 is 0 Å². The van der Waals surface area contributed by atoms with E-state index in [1.54, 1.807) is 12.1 Å². The summed E-state index contributed by atoms with van der Waals surface area (Å²) >= 11 is 5.70. The van der Waals surface area contributed by atoms with Gasteiger partial charge in [0.15, 0.2) is 0 Å². The van der Waals surface area contributed by atoms with Gasteiger partial charge in [-0.25, -0.2) is 4.39 Å². The van der Waals surface area contributed by atoms with E-state index >= 15 is 0 Å². The average molecular weight is 293 g/mol. The van der Waals surface area contributed by atoms with Gasteiger partial charge in [0.25, 0.3) is 11.8 Å². The summed E-state index contributed by atoms with van der Waals surface area (Å²) < 4.78 is 12.9. The van der Waals surface area contributed by atoms with Crippen LogP contribution in [0.25, 0.3) is 0 Å². The van der Waals surface area contributed by atoms with Crippen molar-refractivity contribution in [2.45, 2.75) is 0 Å². The molecule has 0 aliphatic heterocycles. The zero-order valence-electron chi connectivity index (χ0n) is 10.2. The summed E-state index contributed by atoms with van der Waals surface area (Å²) in [5.41, 5.74) is 4.89. The minimum atomic E-state index is -0.605. The summed E-state index contributed by atoms with van der Waals surface area (Å²) in [4.78, 5) is 23.4. The molecular weight excluding hydrogens is 283 g/mol. The molecule has 0 spiro atoms. The van der Waals surface area contributed by atoms with Crippen molar-refractivity contribution in [1.82, 2.24) is 10.9 Å². The number of benzene rings is 2. The maximum Gasteiger partial charge on any atom is 0.269 e. The number of rotatable bonds is 2. The molecule has 0 radical (unpaired) electrons. The second-order valence-corrected chi connectivity index (χ2v) is 4.36. The second-order valence-electron chi connectivity index (χ2n) is 3.93. The SMILES string of the molecule is O=C(NNC(=O)c1cccc(F)c1)c1ccc(Cl)cc1. The normalized spacial score (nSPS) is 9.90. The van der Waals surface area contributed by atoms with Crippen molar-refractivity contribution in [2.75, 3.05) is 0 Å². The Kier molecular flexibility index (Phi) is 4.32. The Labute approximate surface area is 119 Å². The molecule has 6 heteroatoms. The summed E-state index contributed by atoms with van der Waals surface area (Å²) in [7, 11) is 0. The fraction of sp³-hybridized carbons (Fsp3) is 0. The Hall–Kier alpha value is -2.40.